The molecule has 0 saturated carbocycles. The Kier molecular flexibility index (Phi) is 13.9. The molecule has 3 heterocycles. The first-order valence-electron chi connectivity index (χ1n) is 20.2. The van der Waals surface area contributed by atoms with Gasteiger partial charge < -0.3 is 35.6 Å². The highest BCUT2D eigenvalue weighted by Crippen LogP contribution is 2.28. The number of likely N-dealkylation sites (N-methyl/N-ethyl adjacent to an activating group) is 2. The van der Waals surface area contributed by atoms with E-state index in [9.17, 15) is 34.1 Å². The Hall–Kier alpha value is -6.40. The number of para-hydroxylation sites is 1. The van der Waals surface area contributed by atoms with Crippen LogP contribution >= 0.6 is 12.4 Å². The smallest absolute Gasteiger partial charge is 0.336 e. The van der Waals surface area contributed by atoms with Crippen molar-refractivity contribution in [1.82, 2.24) is 34.0 Å². The highest BCUT2D eigenvalue weighted by molar-refractivity contribution is 6.11. The number of hydrogen-bond donors (Lipinski definition) is 4. The molecule has 3 aromatic heterocycles. The molecule has 7 aromatic rings. The summed E-state index contributed by atoms with van der Waals surface area (Å²) in [5.74, 6) is -0.343. The second kappa shape index (κ2) is 19.1. The predicted octanol–water partition coefficient (Wildman–Crippen LogP) is 3.98. The molecule has 0 aliphatic heterocycles. The number of H-pyrrole nitrogens is 1. The van der Waals surface area contributed by atoms with Gasteiger partial charge in [0.05, 0.1) is 54.1 Å². The molecule has 0 fully saturated rings. The van der Waals surface area contributed by atoms with E-state index in [2.05, 4.69) is 25.8 Å². The molecule has 326 valence electrons. The first-order chi connectivity index (χ1) is 29.3. The van der Waals surface area contributed by atoms with Crippen molar-refractivity contribution in [2.75, 3.05) is 91.7 Å². The number of fused-ring (bicyclic) bond motifs is 4. The third-order valence-corrected chi connectivity index (χ3v) is 11.0. The molecule has 7 rings (SSSR count). The van der Waals surface area contributed by atoms with Gasteiger partial charge in [-0.3, -0.25) is 38.3 Å². The van der Waals surface area contributed by atoms with Gasteiger partial charge in [0.25, 0.3) is 17.2 Å². The zero-order valence-electron chi connectivity index (χ0n) is 35.4. The molecule has 0 bridgehead atoms. The molecule has 4 N–H and O–H groups in total. The minimum atomic E-state index is -0.547. The first-order valence-corrected chi connectivity index (χ1v) is 20.2. The number of rotatable bonds is 18. The Morgan fingerprint density at radius 1 is 0.742 bits per heavy atom. The second-order valence-corrected chi connectivity index (χ2v) is 15.9. The fraction of sp³-hybridized carbons (Fsp3) is 0.341. The number of carbonyl (C=O) groups is 1. The summed E-state index contributed by atoms with van der Waals surface area (Å²) in [6.45, 7) is 4.21. The van der Waals surface area contributed by atoms with Crippen LogP contribution in [0.2, 0.25) is 0 Å². The number of nitro groups is 1. The monoisotopic (exact) mass is 866 g/mol. The van der Waals surface area contributed by atoms with Crippen LogP contribution in [0.1, 0.15) is 23.2 Å². The number of nitrogens with zero attached hydrogens (tertiary/aromatic N) is 6. The van der Waals surface area contributed by atoms with Crippen molar-refractivity contribution in [3.05, 3.63) is 124 Å². The van der Waals surface area contributed by atoms with Gasteiger partial charge in [-0.25, -0.2) is 4.79 Å². The molecule has 0 radical (unpaired) electrons. The van der Waals surface area contributed by atoms with Crippen molar-refractivity contribution in [2.24, 2.45) is 0 Å². The molecular weight excluding hydrogens is 816 g/mol. The van der Waals surface area contributed by atoms with E-state index in [0.717, 1.165) is 13.0 Å². The van der Waals surface area contributed by atoms with Crippen molar-refractivity contribution in [1.29, 1.82) is 0 Å². The van der Waals surface area contributed by atoms with E-state index < -0.39 is 21.6 Å². The van der Waals surface area contributed by atoms with Crippen LogP contribution in [-0.4, -0.2) is 121 Å². The molecular formula is C44H51ClN10O7. The maximum absolute atomic E-state index is 14.0. The average Bonchev–Trinajstić information content (AvgIpc) is 3.23. The average molecular weight is 867 g/mol. The summed E-state index contributed by atoms with van der Waals surface area (Å²) in [5.41, 5.74) is 1.07. The van der Waals surface area contributed by atoms with Crippen LogP contribution in [0, 0.1) is 10.1 Å². The molecule has 0 aliphatic carbocycles. The van der Waals surface area contributed by atoms with Crippen LogP contribution in [0.3, 0.4) is 0 Å². The number of nitrogens with one attached hydrogen (secondary N) is 4. The SMILES string of the molecule is CN(C)CCNC(=O)c1ccc(NCCCN(C)CCCNc2ccc3c(=O)n(CCN(C)C)c(=O)n4c5ccccc5c(=O)c2c34)c2c(=O)c3cc([N+](=O)[O-])ccc3[nH]c12.Cl. The molecule has 1 amide bonds. The van der Waals surface area contributed by atoms with Crippen molar-refractivity contribution >= 4 is 84.4 Å². The Morgan fingerprint density at radius 3 is 2.06 bits per heavy atom. The molecule has 0 unspecified atom stereocenters. The largest absolute Gasteiger partial charge is 0.384 e. The Balaban J connectivity index is 0.00000641. The van der Waals surface area contributed by atoms with Gasteiger partial charge in [0.15, 0.2) is 10.9 Å². The summed E-state index contributed by atoms with van der Waals surface area (Å²) >= 11 is 0. The number of aromatic amines is 1. The number of anilines is 2. The predicted molar refractivity (Wildman–Crippen MR) is 250 cm³/mol. The van der Waals surface area contributed by atoms with Crippen LogP contribution < -0.4 is 38.1 Å². The number of aromatic nitrogens is 3. The Morgan fingerprint density at radius 2 is 1.39 bits per heavy atom. The highest BCUT2D eigenvalue weighted by Gasteiger charge is 2.22. The molecule has 0 atom stereocenters. The fourth-order valence-electron chi connectivity index (χ4n) is 7.80. The van der Waals surface area contributed by atoms with Gasteiger partial charge in [-0.05, 0) is 104 Å². The minimum absolute atomic E-state index is 0. The molecule has 4 aromatic carbocycles. The second-order valence-electron chi connectivity index (χ2n) is 15.9. The van der Waals surface area contributed by atoms with Gasteiger partial charge in [0.1, 0.15) is 0 Å². The van der Waals surface area contributed by atoms with Crippen molar-refractivity contribution in [3.63, 3.8) is 0 Å². The van der Waals surface area contributed by atoms with E-state index in [-0.39, 0.29) is 46.7 Å². The van der Waals surface area contributed by atoms with E-state index in [0.29, 0.717) is 101 Å². The van der Waals surface area contributed by atoms with Crippen molar-refractivity contribution < 1.29 is 9.72 Å². The maximum atomic E-state index is 14.0. The molecule has 18 heteroatoms. The molecule has 17 nitrogen and oxygen atoms in total. The van der Waals surface area contributed by atoms with Crippen LogP contribution in [0.4, 0.5) is 17.1 Å². The minimum Gasteiger partial charge on any atom is -0.384 e. The molecule has 0 aliphatic rings. The van der Waals surface area contributed by atoms with Crippen molar-refractivity contribution in [2.45, 2.75) is 19.4 Å². The fourth-order valence-corrected chi connectivity index (χ4v) is 7.80. The standard InChI is InChI=1S/C44H50N10O7.ClH/c1-49(2)23-20-47-42(57)29-13-16-33(36-38(29)48-32-15-12-27(54(60)61)26-31(32)41(36)56)45-18-8-21-51(5)22-9-19-46-34-17-14-30-39-37(34)40(55)28-10-6-7-11-35(28)53(39)44(59)52(43(30)58)25-24-50(3)4;/h6-7,10-17,26,45-46H,8-9,18-25H2,1-5H3,(H,47,57)(H,48,56);1H. The molecule has 0 saturated heterocycles. The van der Waals surface area contributed by atoms with Gasteiger partial charge in [-0.2, -0.15) is 0 Å². The number of benzene rings is 4. The van der Waals surface area contributed by atoms with Crippen LogP contribution in [-0.2, 0) is 6.54 Å². The number of pyridine rings is 2. The number of nitro benzene ring substituents is 1. The third kappa shape index (κ3) is 8.97. The maximum Gasteiger partial charge on any atom is 0.336 e. The zero-order valence-corrected chi connectivity index (χ0v) is 36.2. The third-order valence-electron chi connectivity index (χ3n) is 11.0. The summed E-state index contributed by atoms with van der Waals surface area (Å²) in [6.07, 6.45) is 1.43. The quantitative estimate of drug-likeness (QED) is 0.0319. The first kappa shape index (κ1) is 45.1. The van der Waals surface area contributed by atoms with Crippen LogP contribution in [0.25, 0.3) is 49.0 Å². The number of halogens is 1. The summed E-state index contributed by atoms with van der Waals surface area (Å²) in [4.78, 5) is 88.9. The van der Waals surface area contributed by atoms with Gasteiger partial charge >= 0.3 is 5.69 Å². The summed E-state index contributed by atoms with van der Waals surface area (Å²) in [5, 5.41) is 22.6. The Labute approximate surface area is 361 Å². The lowest BCUT2D eigenvalue weighted by molar-refractivity contribution is -0.384. The topological polar surface area (TPSA) is 199 Å². The molecule has 62 heavy (non-hydrogen) atoms. The van der Waals surface area contributed by atoms with Gasteiger partial charge in [-0.15, -0.1) is 12.4 Å². The van der Waals surface area contributed by atoms with E-state index >= 15 is 0 Å². The number of amides is 1. The Bertz CT molecular complexity index is 3060. The van der Waals surface area contributed by atoms with Crippen LogP contribution in [0.15, 0.2) is 85.9 Å². The van der Waals surface area contributed by atoms with Gasteiger partial charge in [0, 0.05) is 68.2 Å². The van der Waals surface area contributed by atoms with Gasteiger partial charge in [0.2, 0.25) is 0 Å². The van der Waals surface area contributed by atoms with Crippen LogP contribution in [0.5, 0.6) is 0 Å². The number of non-ortho nitro benzene ring substituents is 1. The summed E-state index contributed by atoms with van der Waals surface area (Å²) in [6, 6.07) is 17.8. The lowest BCUT2D eigenvalue weighted by Crippen LogP contribution is -2.40. The number of carbonyl (C=O) groups excluding carboxylic acids is 1. The lowest BCUT2D eigenvalue weighted by Gasteiger charge is -2.19. The van der Waals surface area contributed by atoms with E-state index in [1.54, 1.807) is 48.5 Å². The highest BCUT2D eigenvalue weighted by atomic mass is 35.5. The van der Waals surface area contributed by atoms with Gasteiger partial charge in [-0.1, -0.05) is 12.1 Å². The van der Waals surface area contributed by atoms with E-state index in [1.807, 2.05) is 45.0 Å². The summed E-state index contributed by atoms with van der Waals surface area (Å²) in [7, 11) is 9.56. The normalized spacial score (nSPS) is 11.7. The molecule has 0 spiro atoms. The zero-order chi connectivity index (χ0) is 43.5. The number of hydrogen-bond acceptors (Lipinski definition) is 12. The summed E-state index contributed by atoms with van der Waals surface area (Å²) < 4.78 is 2.74. The van der Waals surface area contributed by atoms with Crippen molar-refractivity contribution in [3.8, 4) is 0 Å². The van der Waals surface area contributed by atoms with E-state index in [4.69, 9.17) is 0 Å². The van der Waals surface area contributed by atoms with E-state index in [1.165, 1.54) is 27.2 Å². The lowest BCUT2D eigenvalue weighted by atomic mass is 10.0.